The van der Waals surface area contributed by atoms with Gasteiger partial charge in [-0.3, -0.25) is 14.2 Å². The fraction of sp³-hybridized carbons (Fsp3) is 0.692. The summed E-state index contributed by atoms with van der Waals surface area (Å²) in [7, 11) is 2.07. The van der Waals surface area contributed by atoms with Gasteiger partial charge >= 0.3 is 5.97 Å². The van der Waals surface area contributed by atoms with E-state index in [1.807, 2.05) is 0 Å². The van der Waals surface area contributed by atoms with Crippen molar-refractivity contribution < 1.29 is 19.2 Å². The first-order valence-corrected chi connectivity index (χ1v) is 7.89. The molecule has 2 saturated heterocycles. The Morgan fingerprint density at radius 3 is 2.65 bits per heavy atom. The quantitative estimate of drug-likeness (QED) is 0.560. The molecule has 6 nitrogen and oxygen atoms in total. The zero-order valence-corrected chi connectivity index (χ0v) is 12.6. The van der Waals surface area contributed by atoms with Crippen molar-refractivity contribution >= 4 is 23.6 Å². The van der Waals surface area contributed by atoms with E-state index >= 15 is 0 Å². The number of thioether (sulfide) groups is 1. The summed E-state index contributed by atoms with van der Waals surface area (Å²) in [6.45, 7) is 3.57. The van der Waals surface area contributed by atoms with E-state index < -0.39 is 11.5 Å². The Morgan fingerprint density at radius 2 is 2.10 bits per heavy atom. The van der Waals surface area contributed by atoms with Crippen LogP contribution in [0.3, 0.4) is 0 Å². The highest BCUT2D eigenvalue weighted by atomic mass is 32.2. The molecule has 3 aliphatic heterocycles. The van der Waals surface area contributed by atoms with Crippen LogP contribution in [0.5, 0.6) is 0 Å². The molecule has 0 aromatic heterocycles. The second-order valence-corrected chi connectivity index (χ2v) is 7.34. The zero-order valence-electron chi connectivity index (χ0n) is 11.8. The number of hydrogen-bond acceptors (Lipinski definition) is 4. The summed E-state index contributed by atoms with van der Waals surface area (Å²) >= 11 is 1.58. The van der Waals surface area contributed by atoms with Crippen molar-refractivity contribution in [1.82, 2.24) is 4.90 Å². The molecular weight excluding hydrogens is 278 g/mol. The van der Waals surface area contributed by atoms with E-state index in [0.717, 1.165) is 31.6 Å². The maximum absolute atomic E-state index is 12.2. The fourth-order valence-corrected chi connectivity index (χ4v) is 5.01. The van der Waals surface area contributed by atoms with E-state index in [2.05, 4.69) is 7.05 Å². The third-order valence-corrected chi connectivity index (χ3v) is 6.18. The lowest BCUT2D eigenvalue weighted by Crippen LogP contribution is -2.77. The van der Waals surface area contributed by atoms with Gasteiger partial charge in [-0.2, -0.15) is 0 Å². The van der Waals surface area contributed by atoms with Crippen LogP contribution in [0.4, 0.5) is 0 Å². The number of amides is 1. The molecule has 2 atom stereocenters. The molecule has 0 aliphatic carbocycles. The van der Waals surface area contributed by atoms with Crippen LogP contribution in [0.15, 0.2) is 11.4 Å². The first-order chi connectivity index (χ1) is 9.29. The maximum atomic E-state index is 12.2. The van der Waals surface area contributed by atoms with E-state index in [0.29, 0.717) is 10.2 Å². The van der Waals surface area contributed by atoms with Gasteiger partial charge in [-0.25, -0.2) is 4.79 Å². The minimum absolute atomic E-state index is 0.172. The molecule has 3 N–H and O–H groups in total. The number of quaternary nitrogens is 1. The van der Waals surface area contributed by atoms with E-state index in [4.69, 9.17) is 5.73 Å². The highest BCUT2D eigenvalue weighted by molar-refractivity contribution is 8.00. The average Bonchev–Trinajstić information content (AvgIpc) is 2.84. The monoisotopic (exact) mass is 298 g/mol. The predicted molar refractivity (Wildman–Crippen MR) is 75.5 cm³/mol. The van der Waals surface area contributed by atoms with E-state index in [9.17, 15) is 14.7 Å². The largest absolute Gasteiger partial charge is 0.476 e. The molecule has 0 bridgehead atoms. The number of carbonyl (C=O) groups is 2. The Balaban J connectivity index is 2.06. The topological polar surface area (TPSA) is 83.6 Å². The van der Waals surface area contributed by atoms with Gasteiger partial charge in [0.15, 0.2) is 11.4 Å². The number of hydrogen-bond donors (Lipinski definition) is 2. The summed E-state index contributed by atoms with van der Waals surface area (Å²) in [5.41, 5.74) is 6.07. The van der Waals surface area contributed by atoms with Gasteiger partial charge in [0.05, 0.1) is 25.9 Å². The molecule has 110 valence electrons. The molecule has 3 rings (SSSR count). The number of likely N-dealkylation sites (tertiary alicyclic amines) is 1. The van der Waals surface area contributed by atoms with Crippen molar-refractivity contribution in [1.29, 1.82) is 0 Å². The minimum Gasteiger partial charge on any atom is -0.476 e. The van der Waals surface area contributed by atoms with Crippen LogP contribution in [0, 0.1) is 0 Å². The first-order valence-electron chi connectivity index (χ1n) is 6.85. The predicted octanol–water partition coefficient (Wildman–Crippen LogP) is 0.156. The number of nitrogens with two attached hydrogens (primary N) is 1. The summed E-state index contributed by atoms with van der Waals surface area (Å²) < 4.78 is 0.645. The Kier molecular flexibility index (Phi) is 2.94. The average molecular weight is 298 g/mol. The Labute approximate surface area is 122 Å². The van der Waals surface area contributed by atoms with Crippen molar-refractivity contribution in [3.63, 3.8) is 0 Å². The lowest BCUT2D eigenvalue weighted by atomic mass is 9.90. The molecule has 3 heterocycles. The van der Waals surface area contributed by atoms with Crippen LogP contribution in [-0.2, 0) is 9.59 Å². The summed E-state index contributed by atoms with van der Waals surface area (Å²) in [4.78, 5) is 25.3. The molecule has 0 radical (unpaired) electrons. The SMILES string of the molecule is C[C@]1(N)C(=O)N2C(C(=O)O)=C([N+]3(C)CCCC3)CS[C@@H]21. The van der Waals surface area contributed by atoms with Gasteiger partial charge in [0.2, 0.25) is 0 Å². The molecule has 1 amide bonds. The second kappa shape index (κ2) is 4.22. The van der Waals surface area contributed by atoms with Gasteiger partial charge < -0.3 is 10.8 Å². The second-order valence-electron chi connectivity index (χ2n) is 6.27. The molecule has 3 aliphatic rings. The summed E-state index contributed by atoms with van der Waals surface area (Å²) in [6.07, 6.45) is 2.20. The van der Waals surface area contributed by atoms with Crippen LogP contribution in [0.1, 0.15) is 19.8 Å². The standard InChI is InChI=1S/C13H19N3O3S/c1-13(14)11(19)15-9(10(17)18)8(7-20-12(13)15)16(2)5-3-4-6-16/h12H,3-7,14H2,1-2H3/p+1/t12-,13+/m1/s1. The summed E-state index contributed by atoms with van der Waals surface area (Å²) in [5.74, 6) is -0.657. The number of β-lactam (4-membered cyclic amide) rings is 1. The van der Waals surface area contributed by atoms with E-state index in [1.165, 1.54) is 4.90 Å². The van der Waals surface area contributed by atoms with Crippen molar-refractivity contribution in [2.24, 2.45) is 5.73 Å². The smallest absolute Gasteiger partial charge is 0.358 e. The zero-order chi connectivity index (χ0) is 14.7. The van der Waals surface area contributed by atoms with Crippen LogP contribution in [0.2, 0.25) is 0 Å². The molecule has 0 saturated carbocycles. The van der Waals surface area contributed by atoms with Gasteiger partial charge in [-0.1, -0.05) is 0 Å². The maximum Gasteiger partial charge on any atom is 0.358 e. The van der Waals surface area contributed by atoms with Crippen molar-refractivity contribution in [3.8, 4) is 0 Å². The lowest BCUT2D eigenvalue weighted by molar-refractivity contribution is -0.860. The molecule has 0 aromatic carbocycles. The molecule has 0 spiro atoms. The number of carboxylic acids is 1. The molecule has 7 heteroatoms. The summed E-state index contributed by atoms with van der Waals surface area (Å²) in [6, 6.07) is 0. The Morgan fingerprint density at radius 1 is 1.50 bits per heavy atom. The van der Waals surface area contributed by atoms with Crippen LogP contribution in [0.25, 0.3) is 0 Å². The highest BCUT2D eigenvalue weighted by Gasteiger charge is 2.61. The van der Waals surface area contributed by atoms with Gasteiger partial charge in [0.25, 0.3) is 5.91 Å². The van der Waals surface area contributed by atoms with Gasteiger partial charge in [-0.15, -0.1) is 11.8 Å². The number of carboxylic acid groups (broad SMARTS) is 1. The number of nitrogens with zero attached hydrogens (tertiary/aromatic N) is 2. The van der Waals surface area contributed by atoms with E-state index in [1.54, 1.807) is 18.7 Å². The Hall–Kier alpha value is -1.05. The number of aliphatic carboxylic acids is 1. The Bertz CT molecular complexity index is 523. The molecule has 0 aromatic rings. The van der Waals surface area contributed by atoms with Crippen molar-refractivity contribution in [3.05, 3.63) is 11.4 Å². The third-order valence-electron chi connectivity index (χ3n) is 4.73. The fourth-order valence-electron chi connectivity index (χ4n) is 3.45. The number of rotatable bonds is 2. The van der Waals surface area contributed by atoms with Crippen LogP contribution < -0.4 is 5.73 Å². The normalized spacial score (nSPS) is 35.9. The molecule has 20 heavy (non-hydrogen) atoms. The summed E-state index contributed by atoms with van der Waals surface area (Å²) in [5, 5.41) is 9.33. The lowest BCUT2D eigenvalue weighted by Gasteiger charge is -2.54. The van der Waals surface area contributed by atoms with Crippen LogP contribution >= 0.6 is 11.8 Å². The van der Waals surface area contributed by atoms with E-state index in [-0.39, 0.29) is 17.0 Å². The number of fused-ring (bicyclic) bond motifs is 1. The van der Waals surface area contributed by atoms with Crippen molar-refractivity contribution in [2.75, 3.05) is 25.9 Å². The third kappa shape index (κ3) is 1.66. The number of carbonyl (C=O) groups excluding carboxylic acids is 1. The molecule has 0 unspecified atom stereocenters. The van der Waals surface area contributed by atoms with Gasteiger partial charge in [0, 0.05) is 12.8 Å². The highest BCUT2D eigenvalue weighted by Crippen LogP contribution is 2.46. The molecule has 2 fully saturated rings. The molecular formula is C13H20N3O3S+. The minimum atomic E-state index is -1.01. The van der Waals surface area contributed by atoms with Crippen LogP contribution in [-0.4, -0.2) is 63.2 Å². The van der Waals surface area contributed by atoms with Crippen molar-refractivity contribution in [2.45, 2.75) is 30.7 Å². The van der Waals surface area contributed by atoms with Gasteiger partial charge in [0.1, 0.15) is 10.9 Å². The first kappa shape index (κ1) is 13.9. The van der Waals surface area contributed by atoms with Gasteiger partial charge in [-0.05, 0) is 6.92 Å².